The summed E-state index contributed by atoms with van der Waals surface area (Å²) in [6, 6.07) is 0.0253. The lowest BCUT2D eigenvalue weighted by atomic mass is 10.4. The van der Waals surface area contributed by atoms with Gasteiger partial charge in [0.1, 0.15) is 5.69 Å². The Hall–Kier alpha value is -1.98. The molecule has 0 unspecified atom stereocenters. The van der Waals surface area contributed by atoms with Gasteiger partial charge in [0, 0.05) is 6.20 Å². The topological polar surface area (TPSA) is 90.7 Å². The Morgan fingerprint density at radius 3 is 2.69 bits per heavy atom. The highest BCUT2D eigenvalue weighted by Crippen LogP contribution is 2.11. The van der Waals surface area contributed by atoms with Crippen LogP contribution < -0.4 is 5.73 Å². The summed E-state index contributed by atoms with van der Waals surface area (Å²) in [6.45, 7) is 1.85. The number of nitrogen functional groups attached to an aromatic ring is 1. The van der Waals surface area contributed by atoms with Crippen LogP contribution >= 0.6 is 0 Å². The van der Waals surface area contributed by atoms with Crippen molar-refractivity contribution < 1.29 is 4.52 Å². The lowest BCUT2D eigenvalue weighted by Gasteiger charge is -1.92. The van der Waals surface area contributed by atoms with Gasteiger partial charge in [-0.1, -0.05) is 5.16 Å². The molecular formula is C7H7N5O. The highest BCUT2D eigenvalue weighted by atomic mass is 16.5. The Morgan fingerprint density at radius 2 is 2.15 bits per heavy atom. The van der Waals surface area contributed by atoms with Crippen LogP contribution in [0.15, 0.2) is 16.9 Å². The molecule has 13 heavy (non-hydrogen) atoms. The van der Waals surface area contributed by atoms with Gasteiger partial charge >= 0.3 is 6.01 Å². The highest BCUT2D eigenvalue weighted by Gasteiger charge is 2.06. The summed E-state index contributed by atoms with van der Waals surface area (Å²) in [5.74, 6) is 0.352. The van der Waals surface area contributed by atoms with Crippen LogP contribution in [0, 0.1) is 6.92 Å². The van der Waals surface area contributed by atoms with E-state index in [4.69, 9.17) is 5.73 Å². The van der Waals surface area contributed by atoms with Crippen molar-refractivity contribution in [3.05, 3.63) is 18.1 Å². The lowest BCUT2D eigenvalue weighted by Crippen LogP contribution is -1.90. The number of hydrogen-bond acceptors (Lipinski definition) is 6. The van der Waals surface area contributed by atoms with Gasteiger partial charge in [-0.3, -0.25) is 4.98 Å². The standard InChI is InChI=1S/C7H7N5O/c1-4-2-10-5(3-9-4)6-11-7(8)13-12-6/h2-3H,1H3,(H2,8,11,12). The fourth-order valence-electron chi connectivity index (χ4n) is 0.847. The predicted octanol–water partition coefficient (Wildman–Crippen LogP) is 0.417. The van der Waals surface area contributed by atoms with Crippen molar-refractivity contribution in [2.75, 3.05) is 5.73 Å². The fourth-order valence-corrected chi connectivity index (χ4v) is 0.847. The van der Waals surface area contributed by atoms with Crippen LogP contribution in [-0.4, -0.2) is 20.1 Å². The zero-order valence-corrected chi connectivity index (χ0v) is 6.93. The molecule has 66 valence electrons. The second-order valence-corrected chi connectivity index (χ2v) is 2.50. The van der Waals surface area contributed by atoms with Gasteiger partial charge in [0.2, 0.25) is 5.82 Å². The second-order valence-electron chi connectivity index (χ2n) is 2.50. The van der Waals surface area contributed by atoms with E-state index in [1.165, 1.54) is 0 Å². The Balaban J connectivity index is 2.41. The van der Waals surface area contributed by atoms with Gasteiger partial charge in [-0.25, -0.2) is 4.98 Å². The van der Waals surface area contributed by atoms with Crippen LogP contribution in [0.5, 0.6) is 0 Å². The van der Waals surface area contributed by atoms with Crippen molar-refractivity contribution in [3.8, 4) is 11.5 Å². The first-order valence-electron chi connectivity index (χ1n) is 3.64. The fraction of sp³-hybridized carbons (Fsp3) is 0.143. The molecule has 0 atom stereocenters. The molecule has 2 N–H and O–H groups in total. The molecule has 0 radical (unpaired) electrons. The molecule has 2 rings (SSSR count). The molecule has 0 saturated heterocycles. The SMILES string of the molecule is Cc1cnc(-c2noc(N)n2)cn1. The van der Waals surface area contributed by atoms with Crippen LogP contribution in [0.25, 0.3) is 11.5 Å². The summed E-state index contributed by atoms with van der Waals surface area (Å²) >= 11 is 0. The Labute approximate surface area is 73.8 Å². The van der Waals surface area contributed by atoms with Crippen LogP contribution in [0.3, 0.4) is 0 Å². The van der Waals surface area contributed by atoms with Crippen molar-refractivity contribution in [1.82, 2.24) is 20.1 Å². The van der Waals surface area contributed by atoms with Gasteiger partial charge in [-0.2, -0.15) is 4.98 Å². The molecule has 2 aromatic heterocycles. The van der Waals surface area contributed by atoms with E-state index in [9.17, 15) is 0 Å². The third-order valence-corrected chi connectivity index (χ3v) is 1.45. The molecule has 0 spiro atoms. The molecular weight excluding hydrogens is 170 g/mol. The molecule has 0 amide bonds. The van der Waals surface area contributed by atoms with Gasteiger partial charge in [-0.05, 0) is 6.92 Å². The van der Waals surface area contributed by atoms with Crippen LogP contribution in [0.1, 0.15) is 5.69 Å². The number of nitrogens with two attached hydrogens (primary N) is 1. The monoisotopic (exact) mass is 177 g/mol. The summed E-state index contributed by atoms with van der Waals surface area (Å²) in [6.07, 6.45) is 3.20. The Bertz CT molecular complexity index is 407. The maximum absolute atomic E-state index is 5.26. The van der Waals surface area contributed by atoms with E-state index in [1.807, 2.05) is 6.92 Å². The van der Waals surface area contributed by atoms with E-state index in [0.717, 1.165) is 5.69 Å². The number of anilines is 1. The van der Waals surface area contributed by atoms with Crippen LogP contribution in [0.4, 0.5) is 6.01 Å². The maximum atomic E-state index is 5.26. The van der Waals surface area contributed by atoms with E-state index >= 15 is 0 Å². The number of aromatic nitrogens is 4. The minimum atomic E-state index is 0.0253. The molecule has 0 aliphatic rings. The first kappa shape index (κ1) is 7.66. The second kappa shape index (κ2) is 2.81. The van der Waals surface area contributed by atoms with Crippen molar-refractivity contribution in [2.24, 2.45) is 0 Å². The third-order valence-electron chi connectivity index (χ3n) is 1.45. The summed E-state index contributed by atoms with van der Waals surface area (Å²) in [5, 5.41) is 3.60. The summed E-state index contributed by atoms with van der Waals surface area (Å²) < 4.78 is 4.60. The smallest absolute Gasteiger partial charge is 0.319 e. The summed E-state index contributed by atoms with van der Waals surface area (Å²) in [7, 11) is 0. The number of hydrogen-bond donors (Lipinski definition) is 1. The van der Waals surface area contributed by atoms with Gasteiger partial charge in [0.05, 0.1) is 11.9 Å². The normalized spacial score (nSPS) is 10.2. The zero-order chi connectivity index (χ0) is 9.26. The summed E-state index contributed by atoms with van der Waals surface area (Å²) in [4.78, 5) is 11.9. The summed E-state index contributed by atoms with van der Waals surface area (Å²) in [5.41, 5.74) is 6.64. The zero-order valence-electron chi connectivity index (χ0n) is 6.93. The molecule has 0 bridgehead atoms. The van der Waals surface area contributed by atoms with Gasteiger partial charge in [-0.15, -0.1) is 0 Å². The van der Waals surface area contributed by atoms with E-state index in [2.05, 4.69) is 24.6 Å². The number of aryl methyl sites for hydroxylation is 1. The average Bonchev–Trinajstić information content (AvgIpc) is 2.53. The van der Waals surface area contributed by atoms with Gasteiger partial charge in [0.25, 0.3) is 0 Å². The molecule has 2 heterocycles. The molecule has 2 aromatic rings. The largest absolute Gasteiger partial charge is 0.351 e. The first-order chi connectivity index (χ1) is 6.25. The quantitative estimate of drug-likeness (QED) is 0.678. The molecule has 6 heteroatoms. The van der Waals surface area contributed by atoms with Gasteiger partial charge in [0.15, 0.2) is 0 Å². The highest BCUT2D eigenvalue weighted by molar-refractivity contribution is 5.47. The van der Waals surface area contributed by atoms with Crippen LogP contribution in [0.2, 0.25) is 0 Å². The third kappa shape index (κ3) is 1.46. The molecule has 0 fully saturated rings. The van der Waals surface area contributed by atoms with Crippen molar-refractivity contribution in [3.63, 3.8) is 0 Å². The Kier molecular flexibility index (Phi) is 1.66. The van der Waals surface area contributed by atoms with Crippen molar-refractivity contribution in [2.45, 2.75) is 6.92 Å². The Morgan fingerprint density at radius 1 is 1.31 bits per heavy atom. The number of rotatable bonds is 1. The van der Waals surface area contributed by atoms with E-state index in [0.29, 0.717) is 11.5 Å². The minimum absolute atomic E-state index is 0.0253. The van der Waals surface area contributed by atoms with Crippen LogP contribution in [-0.2, 0) is 0 Å². The molecule has 0 aromatic carbocycles. The minimum Gasteiger partial charge on any atom is -0.351 e. The van der Waals surface area contributed by atoms with Crippen molar-refractivity contribution >= 4 is 6.01 Å². The van der Waals surface area contributed by atoms with Crippen molar-refractivity contribution in [1.29, 1.82) is 0 Å². The maximum Gasteiger partial charge on any atom is 0.319 e. The first-order valence-corrected chi connectivity index (χ1v) is 3.64. The lowest BCUT2D eigenvalue weighted by molar-refractivity contribution is 0.436. The van der Waals surface area contributed by atoms with E-state index in [1.54, 1.807) is 12.4 Å². The average molecular weight is 177 g/mol. The molecule has 0 aliphatic carbocycles. The van der Waals surface area contributed by atoms with E-state index < -0.39 is 0 Å². The molecule has 6 nitrogen and oxygen atoms in total. The predicted molar refractivity (Wildman–Crippen MR) is 44.5 cm³/mol. The van der Waals surface area contributed by atoms with Gasteiger partial charge < -0.3 is 10.3 Å². The molecule has 0 aliphatic heterocycles. The number of nitrogens with zero attached hydrogens (tertiary/aromatic N) is 4. The van der Waals surface area contributed by atoms with E-state index in [-0.39, 0.29) is 6.01 Å². The molecule has 0 saturated carbocycles.